The molecule has 0 radical (unpaired) electrons. The van der Waals surface area contributed by atoms with Crippen molar-refractivity contribution < 1.29 is 14.5 Å². The molecule has 4 heterocycles. The van der Waals surface area contributed by atoms with E-state index in [9.17, 15) is 9.90 Å². The Hall–Kier alpha value is -4.00. The van der Waals surface area contributed by atoms with Gasteiger partial charge in [0.2, 0.25) is 0 Å². The van der Waals surface area contributed by atoms with E-state index in [0.717, 1.165) is 73.1 Å². The monoisotopic (exact) mass is 719 g/mol. The number of aliphatic imine (C=N–C) groups is 1. The van der Waals surface area contributed by atoms with Crippen molar-refractivity contribution in [1.29, 1.82) is 0 Å². The molecule has 0 atom stereocenters. The molecular weight excluding hydrogens is 664 g/mol. The molecule has 0 aliphatic carbocycles. The molecule has 6 rings (SSSR count). The number of rotatable bonds is 13. The molecule has 0 spiro atoms. The molecule has 52 heavy (non-hydrogen) atoms. The zero-order valence-electron chi connectivity index (χ0n) is 32.2. The molecule has 274 valence electrons. The first kappa shape index (κ1) is 37.7. The number of aromatic nitrogens is 1. The van der Waals surface area contributed by atoms with Crippen molar-refractivity contribution >= 4 is 45.6 Å². The molecule has 0 fully saturated rings. The van der Waals surface area contributed by atoms with Gasteiger partial charge in [-0.15, -0.1) is 0 Å². The number of unbranched alkanes of at least 4 members (excludes halogenated alkanes) is 4. The highest BCUT2D eigenvalue weighted by Gasteiger charge is 2.43. The Morgan fingerprint density at radius 3 is 2.56 bits per heavy atom. The zero-order chi connectivity index (χ0) is 37.2. The summed E-state index contributed by atoms with van der Waals surface area (Å²) in [6.07, 6.45) is 17.3. The molecule has 0 bridgehead atoms. The molecule has 0 unspecified atom stereocenters. The zero-order valence-corrected chi connectivity index (χ0v) is 33.0. The van der Waals surface area contributed by atoms with Gasteiger partial charge >= 0.3 is 11.8 Å². The lowest BCUT2D eigenvalue weighted by atomic mass is 9.80. The van der Waals surface area contributed by atoms with Crippen molar-refractivity contribution in [3.05, 3.63) is 112 Å². The van der Waals surface area contributed by atoms with Crippen LogP contribution in [0, 0.1) is 6.92 Å². The highest BCUT2D eigenvalue weighted by atomic mass is 35.5. The summed E-state index contributed by atoms with van der Waals surface area (Å²) in [5.74, 6) is 0.347. The number of fused-ring (bicyclic) bond motifs is 4. The lowest BCUT2D eigenvalue weighted by Crippen LogP contribution is -2.34. The molecule has 3 aliphatic heterocycles. The second-order valence-electron chi connectivity index (χ2n) is 16.0. The van der Waals surface area contributed by atoms with Crippen LogP contribution in [0.15, 0.2) is 99.8 Å². The smallest absolute Gasteiger partial charge is 0.327 e. The van der Waals surface area contributed by atoms with Crippen LogP contribution in [-0.4, -0.2) is 48.4 Å². The summed E-state index contributed by atoms with van der Waals surface area (Å²) in [6, 6.07) is 15.6. The summed E-state index contributed by atoms with van der Waals surface area (Å²) >= 11 is 7.27. The van der Waals surface area contributed by atoms with Crippen molar-refractivity contribution in [3.8, 4) is 0 Å². The Bertz CT molecular complexity index is 2010. The first-order chi connectivity index (χ1) is 24.8. The van der Waals surface area contributed by atoms with Crippen LogP contribution in [0.2, 0.25) is 0 Å². The number of benzene rings is 2. The van der Waals surface area contributed by atoms with Gasteiger partial charge in [-0.1, -0.05) is 87.2 Å². The minimum atomic E-state index is -0.728. The van der Waals surface area contributed by atoms with Crippen molar-refractivity contribution in [3.63, 3.8) is 0 Å². The van der Waals surface area contributed by atoms with Crippen LogP contribution in [0.3, 0.4) is 0 Å². The summed E-state index contributed by atoms with van der Waals surface area (Å²) in [5.41, 5.74) is 9.17. The second-order valence-corrected chi connectivity index (χ2v) is 16.4. The van der Waals surface area contributed by atoms with Gasteiger partial charge in [-0.05, 0) is 116 Å². The van der Waals surface area contributed by atoms with Gasteiger partial charge in [0, 0.05) is 47.9 Å². The molecule has 0 amide bonds. The number of carbonyl (C=O) groups is 1. The van der Waals surface area contributed by atoms with E-state index in [1.165, 1.54) is 51.7 Å². The molecule has 0 saturated heterocycles. The predicted molar refractivity (Wildman–Crippen MR) is 217 cm³/mol. The van der Waals surface area contributed by atoms with E-state index in [1.54, 1.807) is 0 Å². The molecule has 1 aromatic heterocycles. The third-order valence-corrected chi connectivity index (χ3v) is 11.7. The van der Waals surface area contributed by atoms with Crippen LogP contribution in [0.5, 0.6) is 0 Å². The topological polar surface area (TPSA) is 60.0 Å². The average molecular weight is 720 g/mol. The van der Waals surface area contributed by atoms with Crippen LogP contribution in [-0.2, 0) is 22.2 Å². The van der Waals surface area contributed by atoms with Crippen molar-refractivity contribution in [2.75, 3.05) is 31.6 Å². The molecule has 2 aromatic carbocycles. The molecular formula is C45H56ClN4O2+. The first-order valence-electron chi connectivity index (χ1n) is 19.1. The molecule has 7 heteroatoms. The summed E-state index contributed by atoms with van der Waals surface area (Å²) in [5, 5.41) is 12.5. The summed E-state index contributed by atoms with van der Waals surface area (Å²) in [4.78, 5) is 21.1. The van der Waals surface area contributed by atoms with Gasteiger partial charge < -0.3 is 10.0 Å². The maximum atomic E-state index is 11.2. The Labute approximate surface area is 315 Å². The largest absolute Gasteiger partial charge is 0.481 e. The van der Waals surface area contributed by atoms with Gasteiger partial charge in [-0.3, -0.25) is 9.69 Å². The van der Waals surface area contributed by atoms with E-state index >= 15 is 0 Å². The van der Waals surface area contributed by atoms with Crippen LogP contribution in [0.25, 0.3) is 10.8 Å². The van der Waals surface area contributed by atoms with E-state index in [4.69, 9.17) is 16.6 Å². The lowest BCUT2D eigenvalue weighted by Gasteiger charge is -2.28. The number of nitrogens with zero attached hydrogens (tertiary/aromatic N) is 4. The van der Waals surface area contributed by atoms with E-state index in [2.05, 4.69) is 136 Å². The number of carboxylic acids is 1. The first-order valence-corrected chi connectivity index (χ1v) is 19.5. The Morgan fingerprint density at radius 2 is 1.79 bits per heavy atom. The van der Waals surface area contributed by atoms with Gasteiger partial charge in [0.25, 0.3) is 0 Å². The summed E-state index contributed by atoms with van der Waals surface area (Å²) < 4.78 is 2.31. The van der Waals surface area contributed by atoms with Crippen molar-refractivity contribution in [2.45, 2.75) is 104 Å². The number of likely N-dealkylation sites (N-methyl/N-ethyl adjacent to an activating group) is 1. The van der Waals surface area contributed by atoms with Gasteiger partial charge in [0.15, 0.2) is 5.71 Å². The number of halogens is 1. The van der Waals surface area contributed by atoms with Gasteiger partial charge in [0.1, 0.15) is 0 Å². The highest BCUT2D eigenvalue weighted by molar-refractivity contribution is 6.32. The van der Waals surface area contributed by atoms with Crippen LogP contribution in [0.4, 0.5) is 11.5 Å². The van der Waals surface area contributed by atoms with E-state index in [0.29, 0.717) is 6.42 Å². The second kappa shape index (κ2) is 15.5. The molecule has 3 aliphatic rings. The van der Waals surface area contributed by atoms with Crippen LogP contribution in [0.1, 0.15) is 96.3 Å². The van der Waals surface area contributed by atoms with Gasteiger partial charge in [-0.25, -0.2) is 4.57 Å². The number of aliphatic carboxylic acids is 1. The normalized spacial score (nSPS) is 19.7. The fourth-order valence-electron chi connectivity index (χ4n) is 8.28. The van der Waals surface area contributed by atoms with Crippen LogP contribution >= 0.6 is 11.6 Å². The van der Waals surface area contributed by atoms with Crippen molar-refractivity contribution in [1.82, 2.24) is 4.90 Å². The SMILES string of the molecule is CCCCC[n+]1cccc2c1N=C(C=CC1=C(Cl)C(=CC=C3N(CCCCCC(=O)O)c4ccc5cc(C)ccc5c4C3(C)C)CN(C)C1)C2(C)C. The third-order valence-electron chi connectivity index (χ3n) is 11.2. The highest BCUT2D eigenvalue weighted by Crippen LogP contribution is 2.51. The summed E-state index contributed by atoms with van der Waals surface area (Å²) in [7, 11) is 2.15. The van der Waals surface area contributed by atoms with Gasteiger partial charge in [-0.2, -0.15) is 0 Å². The molecule has 3 aromatic rings. The number of anilines is 1. The number of carboxylic acid groups (broad SMARTS) is 1. The number of pyridine rings is 1. The Kier molecular flexibility index (Phi) is 11.3. The third kappa shape index (κ3) is 7.56. The maximum absolute atomic E-state index is 11.2. The number of allylic oxidation sites excluding steroid dienone is 4. The summed E-state index contributed by atoms with van der Waals surface area (Å²) in [6.45, 7) is 16.9. The fourth-order valence-corrected chi connectivity index (χ4v) is 8.52. The Balaban J connectivity index is 1.32. The lowest BCUT2D eigenvalue weighted by molar-refractivity contribution is -0.684. The Morgan fingerprint density at radius 1 is 0.981 bits per heavy atom. The van der Waals surface area contributed by atoms with Gasteiger partial charge in [0.05, 0.1) is 23.7 Å². The number of aryl methyl sites for hydroxylation is 2. The van der Waals surface area contributed by atoms with E-state index < -0.39 is 5.97 Å². The average Bonchev–Trinajstić information content (AvgIpc) is 3.48. The quantitative estimate of drug-likeness (QED) is 0.141. The van der Waals surface area contributed by atoms with Crippen molar-refractivity contribution in [2.24, 2.45) is 4.99 Å². The van der Waals surface area contributed by atoms with Crippen LogP contribution < -0.4 is 9.47 Å². The maximum Gasteiger partial charge on any atom is 0.327 e. The standard InChI is InChI=1S/C45H55ClN4O2/c1-8-9-12-25-49-26-14-15-36-43(49)47-38(44(36,3)4)23-19-33-29-48(7)30-34(42(33)46)20-24-39-45(5,6)41-35-21-17-31(2)28-32(35)18-22-37(41)50(39)27-13-10-11-16-40(51)52/h14-15,17-24,26,28H,8-13,16,25,27,29-30H2,1-7H3/p+1. The minimum absolute atomic E-state index is 0.195. The van der Waals surface area contributed by atoms with E-state index in [1.807, 2.05) is 0 Å². The van der Waals surface area contributed by atoms with E-state index in [-0.39, 0.29) is 17.3 Å². The fraction of sp³-hybridized carbons (Fsp3) is 0.444. The molecule has 6 nitrogen and oxygen atoms in total. The molecule has 1 N–H and O–H groups in total. The number of hydrogen-bond acceptors (Lipinski definition) is 4. The minimum Gasteiger partial charge on any atom is -0.481 e. The molecule has 0 saturated carbocycles. The predicted octanol–water partition coefficient (Wildman–Crippen LogP) is 10.2. The number of hydrogen-bond donors (Lipinski definition) is 1.